The first-order chi connectivity index (χ1) is 15.7. The Hall–Kier alpha value is -4.20. The number of hydrogen-bond donors (Lipinski definition) is 2. The molecular weight excluding hydrogens is 404 g/mol. The average molecular weight is 428 g/mol. The number of nitrogens with zero attached hydrogens (tertiary/aromatic N) is 4. The molecule has 1 aromatic carbocycles. The molecule has 162 valence electrons. The summed E-state index contributed by atoms with van der Waals surface area (Å²) in [6.07, 6.45) is 7.37. The minimum Gasteiger partial charge on any atom is -0.480 e. The number of anilines is 2. The monoisotopic (exact) mass is 428 g/mol. The second-order valence-electron chi connectivity index (χ2n) is 7.26. The van der Waals surface area contributed by atoms with Gasteiger partial charge >= 0.3 is 0 Å². The molecule has 0 unspecified atom stereocenters. The molecule has 1 atom stereocenters. The van der Waals surface area contributed by atoms with Crippen molar-refractivity contribution in [2.75, 3.05) is 24.4 Å². The molecule has 4 rings (SSSR count). The van der Waals surface area contributed by atoms with Gasteiger partial charge in [0.2, 0.25) is 11.8 Å². The SMILES string of the molecule is COc1ncc(-c2cn[nH]c2)cc1NC(=O)[C@H](Cc1ccccc1)N(C)c1ccccn1. The van der Waals surface area contributed by atoms with Gasteiger partial charge < -0.3 is 15.0 Å². The van der Waals surface area contributed by atoms with Crippen LogP contribution in [-0.4, -0.2) is 46.3 Å². The van der Waals surface area contributed by atoms with Gasteiger partial charge in [-0.15, -0.1) is 0 Å². The van der Waals surface area contributed by atoms with E-state index >= 15 is 0 Å². The van der Waals surface area contributed by atoms with E-state index in [1.165, 1.54) is 7.11 Å². The van der Waals surface area contributed by atoms with Crippen LogP contribution >= 0.6 is 0 Å². The molecule has 3 heterocycles. The Balaban J connectivity index is 1.64. The number of benzene rings is 1. The molecule has 0 saturated heterocycles. The normalized spacial score (nSPS) is 11.6. The number of carbonyl (C=O) groups excluding carboxylic acids is 1. The zero-order valence-corrected chi connectivity index (χ0v) is 17.9. The second kappa shape index (κ2) is 9.74. The number of methoxy groups -OCH3 is 1. The standard InChI is InChI=1S/C24H24N6O2/c1-30(22-10-6-7-11-25-22)21(12-17-8-4-3-5-9-17)23(31)29-20-13-18(14-26-24(20)32-2)19-15-27-28-16-19/h3-11,13-16,21H,12H2,1-2H3,(H,27,28)(H,29,31)/t21-/m0/s1. The summed E-state index contributed by atoms with van der Waals surface area (Å²) in [5.74, 6) is 0.858. The fraction of sp³-hybridized carbons (Fsp3) is 0.167. The molecule has 0 aliphatic carbocycles. The van der Waals surface area contributed by atoms with Crippen molar-refractivity contribution in [3.05, 3.63) is 84.9 Å². The van der Waals surface area contributed by atoms with Crippen LogP contribution < -0.4 is 15.0 Å². The van der Waals surface area contributed by atoms with E-state index in [1.807, 2.05) is 66.5 Å². The van der Waals surface area contributed by atoms with E-state index in [1.54, 1.807) is 24.8 Å². The number of hydrogen-bond acceptors (Lipinski definition) is 6. The third kappa shape index (κ3) is 4.75. The molecule has 8 heteroatoms. The molecule has 0 spiro atoms. The third-order valence-electron chi connectivity index (χ3n) is 5.19. The number of ether oxygens (including phenoxy) is 1. The summed E-state index contributed by atoms with van der Waals surface area (Å²) in [7, 11) is 3.39. The van der Waals surface area contributed by atoms with E-state index < -0.39 is 6.04 Å². The summed E-state index contributed by atoms with van der Waals surface area (Å²) in [5, 5.41) is 9.77. The lowest BCUT2D eigenvalue weighted by atomic mass is 10.0. The highest BCUT2D eigenvalue weighted by Gasteiger charge is 2.26. The first-order valence-electron chi connectivity index (χ1n) is 10.2. The number of nitrogens with one attached hydrogen (secondary N) is 2. The van der Waals surface area contributed by atoms with Crippen LogP contribution in [0.15, 0.2) is 79.4 Å². The number of rotatable bonds is 8. The molecule has 0 saturated carbocycles. The van der Waals surface area contributed by atoms with Crippen LogP contribution in [0.3, 0.4) is 0 Å². The Kier molecular flexibility index (Phi) is 6.41. The molecular formula is C24H24N6O2. The summed E-state index contributed by atoms with van der Waals surface area (Å²) in [6, 6.07) is 16.9. The van der Waals surface area contributed by atoms with E-state index in [0.717, 1.165) is 16.7 Å². The van der Waals surface area contributed by atoms with Crippen LogP contribution in [-0.2, 0) is 11.2 Å². The van der Waals surface area contributed by atoms with Gasteiger partial charge in [0.1, 0.15) is 17.5 Å². The highest BCUT2D eigenvalue weighted by molar-refractivity contribution is 5.98. The quantitative estimate of drug-likeness (QED) is 0.446. The maximum absolute atomic E-state index is 13.5. The molecule has 8 nitrogen and oxygen atoms in total. The average Bonchev–Trinajstić information content (AvgIpc) is 3.38. The smallest absolute Gasteiger partial charge is 0.247 e. The van der Waals surface area contributed by atoms with Crippen molar-refractivity contribution in [3.8, 4) is 17.0 Å². The van der Waals surface area contributed by atoms with Gasteiger partial charge in [0.25, 0.3) is 0 Å². The van der Waals surface area contributed by atoms with Crippen LogP contribution in [0, 0.1) is 0 Å². The maximum atomic E-state index is 13.5. The Labute approximate surface area is 186 Å². The molecule has 2 N–H and O–H groups in total. The van der Waals surface area contributed by atoms with Crippen molar-refractivity contribution in [3.63, 3.8) is 0 Å². The van der Waals surface area contributed by atoms with Gasteiger partial charge in [-0.2, -0.15) is 5.10 Å². The van der Waals surface area contributed by atoms with Crippen LogP contribution in [0.2, 0.25) is 0 Å². The number of H-pyrrole nitrogens is 1. The van der Waals surface area contributed by atoms with Crippen molar-refractivity contribution in [2.24, 2.45) is 0 Å². The number of amides is 1. The van der Waals surface area contributed by atoms with Crippen molar-refractivity contribution in [1.82, 2.24) is 20.2 Å². The minimum atomic E-state index is -0.505. The van der Waals surface area contributed by atoms with Crippen LogP contribution in [0.4, 0.5) is 11.5 Å². The van der Waals surface area contributed by atoms with E-state index in [2.05, 4.69) is 25.5 Å². The predicted octanol–water partition coefficient (Wildman–Crippen LogP) is 3.56. The van der Waals surface area contributed by atoms with Crippen molar-refractivity contribution >= 4 is 17.4 Å². The molecule has 1 amide bonds. The Morgan fingerprint density at radius 2 is 1.91 bits per heavy atom. The van der Waals surface area contributed by atoms with Gasteiger partial charge in [0, 0.05) is 43.2 Å². The van der Waals surface area contributed by atoms with Gasteiger partial charge in [-0.05, 0) is 23.8 Å². The highest BCUT2D eigenvalue weighted by atomic mass is 16.5. The van der Waals surface area contributed by atoms with E-state index in [9.17, 15) is 4.79 Å². The van der Waals surface area contributed by atoms with Gasteiger partial charge in [0.05, 0.1) is 13.3 Å². The van der Waals surface area contributed by atoms with Crippen molar-refractivity contribution < 1.29 is 9.53 Å². The number of carbonyl (C=O) groups is 1. The lowest BCUT2D eigenvalue weighted by Gasteiger charge is -2.28. The molecule has 4 aromatic rings. The zero-order valence-electron chi connectivity index (χ0n) is 17.9. The zero-order chi connectivity index (χ0) is 22.3. The molecule has 0 fully saturated rings. The van der Waals surface area contributed by atoms with Crippen LogP contribution in [0.25, 0.3) is 11.1 Å². The van der Waals surface area contributed by atoms with E-state index in [-0.39, 0.29) is 5.91 Å². The van der Waals surface area contributed by atoms with E-state index in [0.29, 0.717) is 23.8 Å². The van der Waals surface area contributed by atoms with Gasteiger partial charge in [0.15, 0.2) is 0 Å². The summed E-state index contributed by atoms with van der Waals surface area (Å²) >= 11 is 0. The van der Waals surface area contributed by atoms with Gasteiger partial charge in [-0.25, -0.2) is 9.97 Å². The van der Waals surface area contributed by atoms with Crippen molar-refractivity contribution in [2.45, 2.75) is 12.5 Å². The summed E-state index contributed by atoms with van der Waals surface area (Å²) in [5.41, 5.74) is 3.21. The molecule has 0 radical (unpaired) electrons. The fourth-order valence-corrected chi connectivity index (χ4v) is 3.45. The summed E-state index contributed by atoms with van der Waals surface area (Å²) in [6.45, 7) is 0. The van der Waals surface area contributed by atoms with Gasteiger partial charge in [-0.3, -0.25) is 9.89 Å². The molecule has 0 aliphatic rings. The third-order valence-corrected chi connectivity index (χ3v) is 5.19. The summed E-state index contributed by atoms with van der Waals surface area (Å²) < 4.78 is 5.39. The van der Waals surface area contributed by atoms with Crippen LogP contribution in [0.5, 0.6) is 5.88 Å². The Morgan fingerprint density at radius 3 is 2.59 bits per heavy atom. The number of pyridine rings is 2. The first-order valence-corrected chi connectivity index (χ1v) is 10.2. The van der Waals surface area contributed by atoms with Crippen molar-refractivity contribution in [1.29, 1.82) is 0 Å². The molecule has 32 heavy (non-hydrogen) atoms. The maximum Gasteiger partial charge on any atom is 0.247 e. The lowest BCUT2D eigenvalue weighted by molar-refractivity contribution is -0.117. The number of aromatic nitrogens is 4. The molecule has 0 aliphatic heterocycles. The Morgan fingerprint density at radius 1 is 1.09 bits per heavy atom. The number of likely N-dealkylation sites (N-methyl/N-ethyl adjacent to an activating group) is 1. The van der Waals surface area contributed by atoms with Gasteiger partial charge in [-0.1, -0.05) is 36.4 Å². The molecule has 3 aromatic heterocycles. The summed E-state index contributed by atoms with van der Waals surface area (Å²) in [4.78, 5) is 24.2. The van der Waals surface area contributed by atoms with Crippen LogP contribution in [0.1, 0.15) is 5.56 Å². The minimum absolute atomic E-state index is 0.188. The highest BCUT2D eigenvalue weighted by Crippen LogP contribution is 2.28. The molecule has 0 bridgehead atoms. The topological polar surface area (TPSA) is 96.0 Å². The predicted molar refractivity (Wildman–Crippen MR) is 124 cm³/mol. The largest absolute Gasteiger partial charge is 0.480 e. The number of aromatic amines is 1. The second-order valence-corrected chi connectivity index (χ2v) is 7.26. The lowest BCUT2D eigenvalue weighted by Crippen LogP contribution is -2.44. The fourth-order valence-electron chi connectivity index (χ4n) is 3.45. The first kappa shape index (κ1) is 21.0. The van der Waals surface area contributed by atoms with E-state index in [4.69, 9.17) is 4.74 Å². The Bertz CT molecular complexity index is 1150.